The molecule has 0 radical (unpaired) electrons. The molecule has 0 aliphatic carbocycles. The first kappa shape index (κ1) is 32.8. The van der Waals surface area contributed by atoms with Crippen LogP contribution >= 0.6 is 0 Å². The topological polar surface area (TPSA) is 73.8 Å². The molecule has 8 heteroatoms. The molecule has 0 amide bonds. The summed E-state index contributed by atoms with van der Waals surface area (Å²) in [4.78, 5) is 11.1. The maximum atomic E-state index is 6.36. The van der Waals surface area contributed by atoms with Gasteiger partial charge in [0.25, 0.3) is 0 Å². The molecule has 0 aromatic heterocycles. The lowest BCUT2D eigenvalue weighted by Gasteiger charge is -2.44. The lowest BCUT2D eigenvalue weighted by molar-refractivity contribution is -0.616. The fourth-order valence-corrected chi connectivity index (χ4v) is 3.83. The Labute approximate surface area is 218 Å². The van der Waals surface area contributed by atoms with Gasteiger partial charge in [0.05, 0.1) is 19.8 Å². The van der Waals surface area contributed by atoms with Crippen molar-refractivity contribution in [2.45, 2.75) is 105 Å². The monoisotopic (exact) mass is 514 g/mol. The summed E-state index contributed by atoms with van der Waals surface area (Å²) in [6, 6.07) is 9.73. The maximum Gasteiger partial charge on any atom is 0.396 e. The van der Waals surface area contributed by atoms with Crippen molar-refractivity contribution in [1.82, 2.24) is 0 Å². The maximum absolute atomic E-state index is 6.36. The SMILES string of the molecule is CCCCCCCCC(COC(OCC)(OOCC)C(OCC)(OCC)OCC)Oc1ccccc1. The Kier molecular flexibility index (Phi) is 18.0. The van der Waals surface area contributed by atoms with Gasteiger partial charge in [0.2, 0.25) is 0 Å². The quantitative estimate of drug-likeness (QED) is 0.0659. The van der Waals surface area contributed by atoms with E-state index in [1.807, 2.05) is 58.0 Å². The highest BCUT2D eigenvalue weighted by molar-refractivity contribution is 5.21. The third-order valence-corrected chi connectivity index (χ3v) is 5.38. The van der Waals surface area contributed by atoms with Gasteiger partial charge in [0.1, 0.15) is 11.9 Å². The van der Waals surface area contributed by atoms with Gasteiger partial charge in [0.15, 0.2) is 0 Å². The Hall–Kier alpha value is -1.26. The van der Waals surface area contributed by atoms with E-state index in [1.165, 1.54) is 25.7 Å². The average Bonchev–Trinajstić information content (AvgIpc) is 2.88. The normalized spacial score (nSPS) is 14.5. The number of para-hydroxylation sites is 1. The molecule has 0 spiro atoms. The van der Waals surface area contributed by atoms with Gasteiger partial charge in [-0.2, -0.15) is 4.89 Å². The number of benzene rings is 1. The molecule has 1 rings (SSSR count). The van der Waals surface area contributed by atoms with Crippen LogP contribution in [0.4, 0.5) is 0 Å². The van der Waals surface area contributed by atoms with E-state index in [4.69, 9.17) is 38.2 Å². The van der Waals surface area contributed by atoms with Crippen molar-refractivity contribution < 1.29 is 38.2 Å². The van der Waals surface area contributed by atoms with Gasteiger partial charge in [0, 0.05) is 19.8 Å². The van der Waals surface area contributed by atoms with Crippen LogP contribution in [0, 0.1) is 0 Å². The minimum absolute atomic E-state index is 0.145. The second-order valence-electron chi connectivity index (χ2n) is 8.25. The first-order valence-corrected chi connectivity index (χ1v) is 13.8. The van der Waals surface area contributed by atoms with Crippen molar-refractivity contribution >= 4 is 0 Å². The smallest absolute Gasteiger partial charge is 0.396 e. The molecule has 210 valence electrons. The van der Waals surface area contributed by atoms with E-state index in [0.29, 0.717) is 0 Å². The van der Waals surface area contributed by atoms with Crippen molar-refractivity contribution in [2.75, 3.05) is 39.6 Å². The molecule has 0 saturated carbocycles. The summed E-state index contributed by atoms with van der Waals surface area (Å²) in [5.41, 5.74) is 0. The number of hydrogen-bond donors (Lipinski definition) is 0. The molecular formula is C28H50O8. The summed E-state index contributed by atoms with van der Waals surface area (Å²) in [5.74, 6) is -2.96. The molecule has 0 aliphatic rings. The van der Waals surface area contributed by atoms with E-state index in [2.05, 4.69) is 6.92 Å². The summed E-state index contributed by atoms with van der Waals surface area (Å²) in [6.45, 7) is 12.8. The first-order valence-electron chi connectivity index (χ1n) is 13.8. The molecule has 8 nitrogen and oxygen atoms in total. The van der Waals surface area contributed by atoms with Crippen LogP contribution in [-0.4, -0.2) is 57.7 Å². The summed E-state index contributed by atoms with van der Waals surface area (Å²) in [5, 5.41) is 0. The zero-order chi connectivity index (χ0) is 26.5. The van der Waals surface area contributed by atoms with Crippen molar-refractivity contribution in [3.05, 3.63) is 30.3 Å². The molecule has 1 aromatic rings. The Morgan fingerprint density at radius 3 is 1.72 bits per heavy atom. The van der Waals surface area contributed by atoms with Gasteiger partial charge in [-0.1, -0.05) is 57.2 Å². The van der Waals surface area contributed by atoms with Gasteiger partial charge in [-0.25, -0.2) is 4.89 Å². The summed E-state index contributed by atoms with van der Waals surface area (Å²) >= 11 is 0. The fraction of sp³-hybridized carbons (Fsp3) is 0.786. The highest BCUT2D eigenvalue weighted by atomic mass is 17.3. The predicted octanol–water partition coefficient (Wildman–Crippen LogP) is 6.62. The zero-order valence-electron chi connectivity index (χ0n) is 23.4. The van der Waals surface area contributed by atoms with Crippen LogP contribution < -0.4 is 4.74 Å². The van der Waals surface area contributed by atoms with Gasteiger partial charge < -0.3 is 28.4 Å². The number of hydrogen-bond acceptors (Lipinski definition) is 8. The van der Waals surface area contributed by atoms with E-state index in [-0.39, 0.29) is 45.7 Å². The molecular weight excluding hydrogens is 464 g/mol. The second-order valence-corrected chi connectivity index (χ2v) is 8.25. The highest BCUT2D eigenvalue weighted by Gasteiger charge is 2.62. The minimum atomic E-state index is -1.93. The molecule has 0 saturated heterocycles. The lowest BCUT2D eigenvalue weighted by atomic mass is 10.1. The van der Waals surface area contributed by atoms with Gasteiger partial charge in [-0.15, -0.1) is 0 Å². The van der Waals surface area contributed by atoms with E-state index in [0.717, 1.165) is 25.0 Å². The standard InChI is InChI=1S/C28H50O8/c1-7-13-14-15-16-18-23-26(35-25-21-19-17-20-22-25)24-33-28(32-11-5,36-34-12-6)27(29-8-2,30-9-3)31-10-4/h17,19-22,26H,7-16,18,23-24H2,1-6H3. The van der Waals surface area contributed by atoms with Crippen LogP contribution in [-0.2, 0) is 33.5 Å². The summed E-state index contributed by atoms with van der Waals surface area (Å²) in [7, 11) is 0. The van der Waals surface area contributed by atoms with Crippen LogP contribution in [0.5, 0.6) is 5.75 Å². The molecule has 1 aromatic carbocycles. The van der Waals surface area contributed by atoms with Gasteiger partial charge in [-0.3, -0.25) is 0 Å². The average molecular weight is 515 g/mol. The number of ether oxygens (including phenoxy) is 6. The van der Waals surface area contributed by atoms with E-state index in [1.54, 1.807) is 6.92 Å². The van der Waals surface area contributed by atoms with Crippen molar-refractivity contribution in [3.8, 4) is 5.75 Å². The fourth-order valence-electron chi connectivity index (χ4n) is 3.83. The van der Waals surface area contributed by atoms with E-state index >= 15 is 0 Å². The molecule has 0 aliphatic heterocycles. The Morgan fingerprint density at radius 1 is 0.611 bits per heavy atom. The molecule has 0 fully saturated rings. The number of unbranched alkanes of at least 4 members (excludes halogenated alkanes) is 5. The Morgan fingerprint density at radius 2 is 1.17 bits per heavy atom. The van der Waals surface area contributed by atoms with E-state index in [9.17, 15) is 0 Å². The van der Waals surface area contributed by atoms with Crippen molar-refractivity contribution in [1.29, 1.82) is 0 Å². The number of rotatable bonds is 24. The molecule has 0 N–H and O–H groups in total. The first-order chi connectivity index (χ1) is 17.6. The van der Waals surface area contributed by atoms with Crippen molar-refractivity contribution in [2.24, 2.45) is 0 Å². The molecule has 2 unspecified atom stereocenters. The lowest BCUT2D eigenvalue weighted by Crippen LogP contribution is -2.64. The van der Waals surface area contributed by atoms with Crippen LogP contribution in [0.2, 0.25) is 0 Å². The van der Waals surface area contributed by atoms with E-state index < -0.39 is 11.9 Å². The second kappa shape index (κ2) is 19.8. The van der Waals surface area contributed by atoms with Crippen LogP contribution in [0.3, 0.4) is 0 Å². The molecule has 0 heterocycles. The van der Waals surface area contributed by atoms with Gasteiger partial charge in [-0.05, 0) is 59.6 Å². The largest absolute Gasteiger partial charge is 0.488 e. The minimum Gasteiger partial charge on any atom is -0.488 e. The van der Waals surface area contributed by atoms with Crippen LogP contribution in [0.15, 0.2) is 30.3 Å². The summed E-state index contributed by atoms with van der Waals surface area (Å²) < 4.78 is 36.6. The van der Waals surface area contributed by atoms with Crippen molar-refractivity contribution in [3.63, 3.8) is 0 Å². The molecule has 0 bridgehead atoms. The Balaban J connectivity index is 3.16. The molecule has 36 heavy (non-hydrogen) atoms. The highest BCUT2D eigenvalue weighted by Crippen LogP contribution is 2.37. The van der Waals surface area contributed by atoms with Crippen LogP contribution in [0.25, 0.3) is 0 Å². The summed E-state index contributed by atoms with van der Waals surface area (Å²) in [6.07, 6.45) is 7.68. The third kappa shape index (κ3) is 11.0. The third-order valence-electron chi connectivity index (χ3n) is 5.38. The Bertz CT molecular complexity index is 612. The zero-order valence-corrected chi connectivity index (χ0v) is 23.4. The van der Waals surface area contributed by atoms with Gasteiger partial charge >= 0.3 is 11.9 Å². The predicted molar refractivity (Wildman–Crippen MR) is 139 cm³/mol. The van der Waals surface area contributed by atoms with Crippen LogP contribution in [0.1, 0.15) is 86.5 Å². The molecule has 2 atom stereocenters.